The van der Waals surface area contributed by atoms with Crippen LogP contribution in [0.3, 0.4) is 0 Å². The summed E-state index contributed by atoms with van der Waals surface area (Å²) >= 11 is 0. The summed E-state index contributed by atoms with van der Waals surface area (Å²) < 4.78 is 69.0. The van der Waals surface area contributed by atoms with Crippen molar-refractivity contribution >= 4 is 29.9 Å². The summed E-state index contributed by atoms with van der Waals surface area (Å²) in [5.74, 6) is -1.91. The molecule has 0 aromatic heterocycles. The van der Waals surface area contributed by atoms with Crippen LogP contribution in [0.4, 0.5) is 0 Å². The lowest BCUT2D eigenvalue weighted by molar-refractivity contribution is -0.152. The predicted octanol–water partition coefficient (Wildman–Crippen LogP) is 10.1. The number of esters is 2. The van der Waals surface area contributed by atoms with Crippen molar-refractivity contribution in [3.05, 3.63) is 155 Å². The first kappa shape index (κ1) is 59.0. The Balaban J connectivity index is 0.000000226. The number of ether oxygens (including phenoxy) is 12. The van der Waals surface area contributed by atoms with Crippen molar-refractivity contribution in [2.45, 2.75) is 122 Å². The number of benzene rings is 4. The molecular weight excluding hydrogens is 1000 g/mol. The molecule has 0 bridgehead atoms. The first-order chi connectivity index (χ1) is 37.4. The molecule has 4 aromatic rings. The van der Waals surface area contributed by atoms with Crippen LogP contribution in [0.1, 0.15) is 97.4 Å². The maximum atomic E-state index is 13.7. The second-order valence-electron chi connectivity index (χ2n) is 20.4. The number of methoxy groups -OCH3 is 4. The van der Waals surface area contributed by atoms with Gasteiger partial charge in [0, 0.05) is 38.2 Å². The van der Waals surface area contributed by atoms with Gasteiger partial charge in [0.15, 0.2) is 30.9 Å². The predicted molar refractivity (Wildman–Crippen MR) is 292 cm³/mol. The monoisotopic (exact) mass is 1070 g/mol. The normalized spacial score (nSPS) is 27.4. The van der Waals surface area contributed by atoms with Crippen molar-refractivity contribution < 1.29 is 76.3 Å². The van der Waals surface area contributed by atoms with E-state index < -0.39 is 66.2 Å². The molecular formula is C62H74O16. The zero-order valence-electron chi connectivity index (χ0n) is 46.2. The molecule has 9 atom stereocenters. The van der Waals surface area contributed by atoms with Crippen LogP contribution in [0.15, 0.2) is 121 Å². The SMILES string of the molecule is COCOc1cc(OC)cc2c1C(=O)O[C@@H](C)[C@H](Cc1ccccc1)/C=C\C(=O)[C@H]1OC(C)(C)O[C@H]1C/C=C/2.COCOc1cc(OC)cc2c1C(=O)O[C@@H](C)[C@H](Cc1ccccc1)/C=C\C(O)[C@H]1OC(C)(C)O[C@H]1C/C=C/2. The van der Waals surface area contributed by atoms with Gasteiger partial charge in [-0.05, 0) is 108 Å². The Morgan fingerprint density at radius 1 is 0.564 bits per heavy atom. The minimum Gasteiger partial charge on any atom is -0.497 e. The highest BCUT2D eigenvalue weighted by molar-refractivity contribution is 5.98. The molecule has 0 aliphatic carbocycles. The molecule has 0 saturated carbocycles. The van der Waals surface area contributed by atoms with Gasteiger partial charge in [0.05, 0.1) is 26.4 Å². The lowest BCUT2D eigenvalue weighted by Crippen LogP contribution is -2.34. The Labute approximate surface area is 457 Å². The quantitative estimate of drug-likeness (QED) is 0.0803. The van der Waals surface area contributed by atoms with Crippen molar-refractivity contribution in [2.75, 3.05) is 42.0 Å². The molecule has 1 N–H and O–H groups in total. The fourth-order valence-corrected chi connectivity index (χ4v) is 9.73. The lowest BCUT2D eigenvalue weighted by atomic mass is 9.92. The van der Waals surface area contributed by atoms with Crippen LogP contribution < -0.4 is 18.9 Å². The van der Waals surface area contributed by atoms with E-state index in [1.165, 1.54) is 27.4 Å². The summed E-state index contributed by atoms with van der Waals surface area (Å²) in [5, 5.41) is 11.1. The third-order valence-corrected chi connectivity index (χ3v) is 13.6. The van der Waals surface area contributed by atoms with Crippen LogP contribution in [0.25, 0.3) is 12.2 Å². The highest BCUT2D eigenvalue weighted by Gasteiger charge is 2.45. The number of carbonyl (C=O) groups is 3. The summed E-state index contributed by atoms with van der Waals surface area (Å²) in [6, 6.07) is 26.6. The van der Waals surface area contributed by atoms with Crippen LogP contribution in [-0.2, 0) is 55.5 Å². The standard InChI is InChI=1S/C31H38O8.C31H36O8/c2*1-20-22(16-21-10-7-6-8-11-21)14-15-25(32)29-26(38-31(2,3)39-29)13-9-12-23-17-24(35-5)18-27(36-19-34-4)28(23)30(33)37-20/h6-12,14-15,17-18,20,22,25-26,29,32H,13,16,19H2,1-5H3;6-12,14-15,17-18,20,22,26,29H,13,16,19H2,1-5H3/b2*12-9+,15-14-/t20-,22-,25?,26-,29+;20-,22-,26-,29+/m00/s1. The zero-order valence-corrected chi connectivity index (χ0v) is 46.2. The van der Waals surface area contributed by atoms with Gasteiger partial charge in [0.25, 0.3) is 0 Å². The number of ketones is 1. The van der Waals surface area contributed by atoms with E-state index in [2.05, 4.69) is 0 Å². The van der Waals surface area contributed by atoms with E-state index in [0.717, 1.165) is 11.1 Å². The van der Waals surface area contributed by atoms with Gasteiger partial charge < -0.3 is 61.9 Å². The fourth-order valence-electron chi connectivity index (χ4n) is 9.73. The molecule has 4 aliphatic heterocycles. The average Bonchev–Trinajstić information content (AvgIpc) is 3.96. The van der Waals surface area contributed by atoms with Gasteiger partial charge in [0.2, 0.25) is 0 Å². The molecule has 4 aliphatic rings. The molecule has 2 fully saturated rings. The van der Waals surface area contributed by atoms with Gasteiger partial charge in [-0.1, -0.05) is 103 Å². The summed E-state index contributed by atoms with van der Waals surface area (Å²) in [5.41, 5.74) is 3.79. The maximum absolute atomic E-state index is 13.7. The van der Waals surface area contributed by atoms with Crippen LogP contribution in [-0.4, -0.2) is 119 Å². The topological polar surface area (TPSA) is 182 Å². The van der Waals surface area contributed by atoms with Crippen molar-refractivity contribution in [3.8, 4) is 23.0 Å². The van der Waals surface area contributed by atoms with Gasteiger partial charge in [-0.15, -0.1) is 0 Å². The van der Waals surface area contributed by atoms with Crippen LogP contribution in [0.5, 0.6) is 23.0 Å². The van der Waals surface area contributed by atoms with Crippen LogP contribution in [0.2, 0.25) is 0 Å². The zero-order chi connectivity index (χ0) is 56.0. The Bertz CT molecular complexity index is 2770. The van der Waals surface area contributed by atoms with E-state index in [1.807, 2.05) is 113 Å². The average molecular weight is 1080 g/mol. The smallest absolute Gasteiger partial charge is 0.342 e. The van der Waals surface area contributed by atoms with E-state index in [0.29, 0.717) is 54.1 Å². The second-order valence-corrected chi connectivity index (χ2v) is 20.4. The molecule has 4 heterocycles. The van der Waals surface area contributed by atoms with E-state index in [4.69, 9.17) is 56.8 Å². The summed E-state index contributed by atoms with van der Waals surface area (Å²) in [4.78, 5) is 40.6. The first-order valence-electron chi connectivity index (χ1n) is 26.2. The Hall–Kier alpha value is -6.63. The van der Waals surface area contributed by atoms with Crippen molar-refractivity contribution in [1.82, 2.24) is 0 Å². The number of cyclic esters (lactones) is 2. The number of hydrogen-bond acceptors (Lipinski definition) is 16. The first-order valence-corrected chi connectivity index (χ1v) is 26.2. The molecule has 8 rings (SSSR count). The highest BCUT2D eigenvalue weighted by Crippen LogP contribution is 2.37. The van der Waals surface area contributed by atoms with E-state index >= 15 is 0 Å². The molecule has 0 radical (unpaired) electrons. The molecule has 16 nitrogen and oxygen atoms in total. The van der Waals surface area contributed by atoms with Gasteiger partial charge in [-0.25, -0.2) is 9.59 Å². The maximum Gasteiger partial charge on any atom is 0.342 e. The lowest BCUT2D eigenvalue weighted by Gasteiger charge is -2.25. The minimum atomic E-state index is -0.907. The molecule has 0 amide bonds. The molecule has 78 heavy (non-hydrogen) atoms. The van der Waals surface area contributed by atoms with E-state index in [-0.39, 0.29) is 48.1 Å². The Kier molecular flexibility index (Phi) is 20.7. The van der Waals surface area contributed by atoms with Crippen molar-refractivity contribution in [3.63, 3.8) is 0 Å². The van der Waals surface area contributed by atoms with E-state index in [9.17, 15) is 19.5 Å². The highest BCUT2D eigenvalue weighted by atomic mass is 16.8. The molecule has 1 unspecified atom stereocenters. The molecule has 418 valence electrons. The molecule has 16 heteroatoms. The minimum absolute atomic E-state index is 0.0482. The van der Waals surface area contributed by atoms with Gasteiger partial charge in [-0.3, -0.25) is 4.79 Å². The third kappa shape index (κ3) is 15.8. The molecule has 4 aromatic carbocycles. The molecule has 2 saturated heterocycles. The Morgan fingerprint density at radius 3 is 1.51 bits per heavy atom. The summed E-state index contributed by atoms with van der Waals surface area (Å²) in [6.07, 6.45) is 12.1. The third-order valence-electron chi connectivity index (χ3n) is 13.6. The van der Waals surface area contributed by atoms with Gasteiger partial charge in [0.1, 0.15) is 64.6 Å². The number of aliphatic hydroxyl groups is 1. The second kappa shape index (κ2) is 27.3. The van der Waals surface area contributed by atoms with Crippen molar-refractivity contribution in [1.29, 1.82) is 0 Å². The van der Waals surface area contributed by atoms with E-state index in [1.54, 1.807) is 63.5 Å². The molecule has 0 spiro atoms. The van der Waals surface area contributed by atoms with Crippen molar-refractivity contribution in [2.24, 2.45) is 11.8 Å². The largest absolute Gasteiger partial charge is 0.497 e. The number of rotatable bonds is 12. The number of aliphatic hydroxyl groups excluding tert-OH is 1. The summed E-state index contributed by atoms with van der Waals surface area (Å²) in [6.45, 7) is 10.8. The Morgan fingerprint density at radius 2 is 1.03 bits per heavy atom. The van der Waals surface area contributed by atoms with Crippen LogP contribution >= 0.6 is 0 Å². The number of carbonyl (C=O) groups excluding carboxylic acids is 3. The summed E-state index contributed by atoms with van der Waals surface area (Å²) in [7, 11) is 6.10. The fraction of sp³-hybridized carbons (Fsp3) is 0.435. The van der Waals surface area contributed by atoms with Gasteiger partial charge in [-0.2, -0.15) is 0 Å². The van der Waals surface area contributed by atoms with Gasteiger partial charge >= 0.3 is 11.9 Å². The number of fused-ring (bicyclic) bond motifs is 4. The van der Waals surface area contributed by atoms with Crippen LogP contribution in [0, 0.1) is 11.8 Å². The number of hydrogen-bond donors (Lipinski definition) is 1.